The van der Waals surface area contributed by atoms with E-state index in [1.165, 1.54) is 18.2 Å². The molecule has 3 atom stereocenters. The summed E-state index contributed by atoms with van der Waals surface area (Å²) >= 11 is 0. The molecule has 128 valence electrons. The molecule has 23 heavy (non-hydrogen) atoms. The van der Waals surface area contributed by atoms with Gasteiger partial charge in [-0.05, 0) is 37.9 Å². The lowest BCUT2D eigenvalue weighted by Crippen LogP contribution is -2.46. The monoisotopic (exact) mass is 326 g/mol. The molecule has 2 N–H and O–H groups in total. The largest absolute Gasteiger partial charge is 0.379 e. The SMILES string of the molecule is CO[C@@H](C1CCCN1)[C@@H](C)C(=O)NCCc1c(F)cccc1F. The first-order valence-electron chi connectivity index (χ1n) is 8.01. The molecule has 1 aromatic carbocycles. The number of halogens is 2. The number of benzene rings is 1. The van der Waals surface area contributed by atoms with Crippen LogP contribution in [0.4, 0.5) is 8.78 Å². The second kappa shape index (κ2) is 8.36. The van der Waals surface area contributed by atoms with Crippen molar-refractivity contribution in [3.05, 3.63) is 35.4 Å². The van der Waals surface area contributed by atoms with Gasteiger partial charge in [0.2, 0.25) is 5.91 Å². The van der Waals surface area contributed by atoms with E-state index in [9.17, 15) is 13.6 Å². The van der Waals surface area contributed by atoms with E-state index in [0.29, 0.717) is 0 Å². The molecule has 2 rings (SSSR count). The van der Waals surface area contributed by atoms with Gasteiger partial charge in [0.15, 0.2) is 0 Å². The van der Waals surface area contributed by atoms with Gasteiger partial charge in [-0.1, -0.05) is 13.0 Å². The van der Waals surface area contributed by atoms with Crippen LogP contribution in [0.2, 0.25) is 0 Å². The van der Waals surface area contributed by atoms with Crippen LogP contribution in [-0.2, 0) is 16.0 Å². The summed E-state index contributed by atoms with van der Waals surface area (Å²) < 4.78 is 32.6. The van der Waals surface area contributed by atoms with Crippen LogP contribution in [0.25, 0.3) is 0 Å². The maximum atomic E-state index is 13.5. The fourth-order valence-electron chi connectivity index (χ4n) is 3.10. The highest BCUT2D eigenvalue weighted by atomic mass is 19.1. The normalized spacial score (nSPS) is 20.3. The lowest BCUT2D eigenvalue weighted by atomic mass is 9.95. The number of hydrogen-bond donors (Lipinski definition) is 2. The predicted molar refractivity (Wildman–Crippen MR) is 84.1 cm³/mol. The zero-order valence-electron chi connectivity index (χ0n) is 13.6. The summed E-state index contributed by atoms with van der Waals surface area (Å²) in [5.74, 6) is -1.67. The Balaban J connectivity index is 1.86. The van der Waals surface area contributed by atoms with E-state index >= 15 is 0 Å². The molecule has 0 aromatic heterocycles. The number of ether oxygens (including phenoxy) is 1. The highest BCUT2D eigenvalue weighted by Gasteiger charge is 2.32. The minimum absolute atomic E-state index is 0.00111. The molecule has 1 unspecified atom stereocenters. The van der Waals surface area contributed by atoms with Crippen LogP contribution < -0.4 is 10.6 Å². The van der Waals surface area contributed by atoms with Gasteiger partial charge in [-0.2, -0.15) is 0 Å². The van der Waals surface area contributed by atoms with Gasteiger partial charge in [0, 0.05) is 25.3 Å². The van der Waals surface area contributed by atoms with Crippen molar-refractivity contribution in [2.24, 2.45) is 5.92 Å². The van der Waals surface area contributed by atoms with Crippen molar-refractivity contribution in [3.63, 3.8) is 0 Å². The van der Waals surface area contributed by atoms with Crippen molar-refractivity contribution in [1.29, 1.82) is 0 Å². The average Bonchev–Trinajstić information content (AvgIpc) is 3.04. The number of carbonyl (C=O) groups is 1. The molecule has 0 radical (unpaired) electrons. The Morgan fingerprint density at radius 1 is 1.43 bits per heavy atom. The number of nitrogens with one attached hydrogen (secondary N) is 2. The molecule has 0 spiro atoms. The number of methoxy groups -OCH3 is 1. The molecule has 4 nitrogen and oxygen atoms in total. The standard InChI is InChI=1S/C17H24F2N2O2/c1-11(16(23-2)15-7-4-9-20-15)17(22)21-10-8-12-13(18)5-3-6-14(12)19/h3,5-6,11,15-16,20H,4,7-10H2,1-2H3,(H,21,22)/t11-,15?,16-/m1/s1. The second-order valence-corrected chi connectivity index (χ2v) is 5.93. The zero-order chi connectivity index (χ0) is 16.8. The number of carbonyl (C=O) groups excluding carboxylic acids is 1. The minimum Gasteiger partial charge on any atom is -0.379 e. The van der Waals surface area contributed by atoms with Gasteiger partial charge in [0.1, 0.15) is 11.6 Å². The van der Waals surface area contributed by atoms with Gasteiger partial charge < -0.3 is 15.4 Å². The molecule has 1 aromatic rings. The van der Waals surface area contributed by atoms with Gasteiger partial charge in [0.25, 0.3) is 0 Å². The van der Waals surface area contributed by atoms with Crippen LogP contribution in [-0.4, -0.2) is 38.3 Å². The van der Waals surface area contributed by atoms with Crippen molar-refractivity contribution in [1.82, 2.24) is 10.6 Å². The molecular weight excluding hydrogens is 302 g/mol. The molecule has 1 saturated heterocycles. The molecule has 0 saturated carbocycles. The average molecular weight is 326 g/mol. The fourth-order valence-corrected chi connectivity index (χ4v) is 3.10. The van der Waals surface area contributed by atoms with Crippen LogP contribution in [0.5, 0.6) is 0 Å². The number of rotatable bonds is 7. The van der Waals surface area contributed by atoms with Crippen LogP contribution in [0.15, 0.2) is 18.2 Å². The Kier molecular flexibility index (Phi) is 6.47. The maximum absolute atomic E-state index is 13.5. The van der Waals surface area contributed by atoms with Gasteiger partial charge >= 0.3 is 0 Å². The van der Waals surface area contributed by atoms with E-state index in [-0.39, 0.29) is 42.5 Å². The minimum atomic E-state index is -0.586. The first kappa shape index (κ1) is 17.8. The Morgan fingerprint density at radius 3 is 2.70 bits per heavy atom. The first-order chi connectivity index (χ1) is 11.0. The molecule has 6 heteroatoms. The van der Waals surface area contributed by atoms with Crippen LogP contribution in [0.3, 0.4) is 0 Å². The van der Waals surface area contributed by atoms with Crippen molar-refractivity contribution in [2.45, 2.75) is 38.3 Å². The Morgan fingerprint density at radius 2 is 2.13 bits per heavy atom. The molecule has 1 heterocycles. The van der Waals surface area contributed by atoms with Gasteiger partial charge in [-0.3, -0.25) is 4.79 Å². The Hall–Kier alpha value is -1.53. The first-order valence-corrected chi connectivity index (χ1v) is 8.01. The Labute approximate surface area is 135 Å². The third-order valence-corrected chi connectivity index (χ3v) is 4.41. The smallest absolute Gasteiger partial charge is 0.225 e. The molecule has 0 aliphatic carbocycles. The highest BCUT2D eigenvalue weighted by molar-refractivity contribution is 5.79. The summed E-state index contributed by atoms with van der Waals surface area (Å²) in [6.07, 6.45) is 1.97. The third-order valence-electron chi connectivity index (χ3n) is 4.41. The van der Waals surface area contributed by atoms with E-state index in [1.54, 1.807) is 7.11 Å². The highest BCUT2D eigenvalue weighted by Crippen LogP contribution is 2.19. The quantitative estimate of drug-likeness (QED) is 0.806. The molecule has 0 bridgehead atoms. The van der Waals surface area contributed by atoms with E-state index in [4.69, 9.17) is 4.74 Å². The van der Waals surface area contributed by atoms with E-state index in [1.807, 2.05) is 6.92 Å². The predicted octanol–water partition coefficient (Wildman–Crippen LogP) is 2.03. The van der Waals surface area contributed by atoms with Crippen molar-refractivity contribution >= 4 is 5.91 Å². The number of amides is 1. The Bertz CT molecular complexity index is 513. The lowest BCUT2D eigenvalue weighted by Gasteiger charge is -2.27. The molecule has 1 aliphatic heterocycles. The van der Waals surface area contributed by atoms with Crippen LogP contribution >= 0.6 is 0 Å². The fraction of sp³-hybridized carbons (Fsp3) is 0.588. The van der Waals surface area contributed by atoms with Crippen molar-refractivity contribution in [3.8, 4) is 0 Å². The van der Waals surface area contributed by atoms with Crippen LogP contribution in [0, 0.1) is 17.6 Å². The summed E-state index contributed by atoms with van der Waals surface area (Å²) in [5, 5.41) is 6.08. The van der Waals surface area contributed by atoms with E-state index < -0.39 is 11.6 Å². The van der Waals surface area contributed by atoms with Crippen molar-refractivity contribution in [2.75, 3.05) is 20.2 Å². The van der Waals surface area contributed by atoms with E-state index in [0.717, 1.165) is 19.4 Å². The molecule has 1 aliphatic rings. The lowest BCUT2D eigenvalue weighted by molar-refractivity contribution is -0.129. The van der Waals surface area contributed by atoms with Gasteiger partial charge in [0.05, 0.1) is 12.0 Å². The zero-order valence-corrected chi connectivity index (χ0v) is 13.6. The van der Waals surface area contributed by atoms with Gasteiger partial charge in [-0.25, -0.2) is 8.78 Å². The summed E-state index contributed by atoms with van der Waals surface area (Å²) in [4.78, 5) is 12.3. The molecule has 1 fully saturated rings. The molecule has 1 amide bonds. The summed E-state index contributed by atoms with van der Waals surface area (Å²) in [6, 6.07) is 3.93. The maximum Gasteiger partial charge on any atom is 0.225 e. The summed E-state index contributed by atoms with van der Waals surface area (Å²) in [5.41, 5.74) is 0.00111. The van der Waals surface area contributed by atoms with E-state index in [2.05, 4.69) is 10.6 Å². The second-order valence-electron chi connectivity index (χ2n) is 5.93. The third kappa shape index (κ3) is 4.48. The topological polar surface area (TPSA) is 50.4 Å². The summed E-state index contributed by atoms with van der Waals surface area (Å²) in [6.45, 7) is 2.94. The number of hydrogen-bond acceptors (Lipinski definition) is 3. The van der Waals surface area contributed by atoms with Crippen molar-refractivity contribution < 1.29 is 18.3 Å². The summed E-state index contributed by atoms with van der Waals surface area (Å²) in [7, 11) is 1.60. The van der Waals surface area contributed by atoms with Crippen LogP contribution in [0.1, 0.15) is 25.3 Å². The van der Waals surface area contributed by atoms with Gasteiger partial charge in [-0.15, -0.1) is 0 Å². The molecular formula is C17H24F2N2O2.